The van der Waals surface area contributed by atoms with Crippen LogP contribution in [0.1, 0.15) is 50.3 Å². The average molecular weight is 453 g/mol. The van der Waals surface area contributed by atoms with Crippen molar-refractivity contribution in [3.8, 4) is 0 Å². The first kappa shape index (κ1) is 20.2. The molecule has 0 bridgehead atoms. The number of hydrogen-bond donors (Lipinski definition) is 0. The van der Waals surface area contributed by atoms with Crippen molar-refractivity contribution >= 4 is 75.2 Å². The van der Waals surface area contributed by atoms with Crippen molar-refractivity contribution in [2.45, 2.75) is 51.9 Å². The number of benzene rings is 4. The molecule has 0 aliphatic rings. The number of hydrogen-bond acceptors (Lipinski definition) is 2. The minimum atomic E-state index is 1.22. The van der Waals surface area contributed by atoms with E-state index in [1.54, 1.807) is 4.88 Å². The van der Waals surface area contributed by atoms with Gasteiger partial charge in [0.05, 0.1) is 0 Å². The van der Waals surface area contributed by atoms with Gasteiger partial charge >= 0.3 is 0 Å². The van der Waals surface area contributed by atoms with Crippen LogP contribution in [0.15, 0.2) is 66.0 Å². The summed E-state index contributed by atoms with van der Waals surface area (Å²) in [6.45, 7) is 2.29. The van der Waals surface area contributed by atoms with Crippen LogP contribution in [0, 0.1) is 0 Å². The lowest BCUT2D eigenvalue weighted by atomic mass is 9.96. The number of unbranched alkanes of at least 4 members (excludes halogenated alkanes) is 5. The van der Waals surface area contributed by atoms with Gasteiger partial charge in [0.2, 0.25) is 0 Å². The summed E-state index contributed by atoms with van der Waals surface area (Å²) < 4.78 is 2.86. The molecule has 0 unspecified atom stereocenters. The summed E-state index contributed by atoms with van der Waals surface area (Å²) in [6.07, 6.45) is 9.40. The van der Waals surface area contributed by atoms with Crippen molar-refractivity contribution in [2.24, 2.45) is 0 Å². The predicted octanol–water partition coefficient (Wildman–Crippen LogP) is 10.5. The zero-order chi connectivity index (χ0) is 21.5. The van der Waals surface area contributed by atoms with Crippen molar-refractivity contribution in [1.82, 2.24) is 0 Å². The van der Waals surface area contributed by atoms with Crippen molar-refractivity contribution < 1.29 is 0 Å². The fourth-order valence-electron chi connectivity index (χ4n) is 5.22. The Morgan fingerprint density at radius 1 is 0.562 bits per heavy atom. The van der Waals surface area contributed by atoms with Crippen molar-refractivity contribution in [3.63, 3.8) is 0 Å². The topological polar surface area (TPSA) is 0 Å². The number of fused-ring (bicyclic) bond motifs is 9. The molecule has 0 spiro atoms. The zero-order valence-corrected chi connectivity index (χ0v) is 20.3. The highest BCUT2D eigenvalue weighted by Gasteiger charge is 2.11. The quantitative estimate of drug-likeness (QED) is 0.167. The van der Waals surface area contributed by atoms with Crippen LogP contribution in [0.25, 0.3) is 52.5 Å². The van der Waals surface area contributed by atoms with E-state index >= 15 is 0 Å². The lowest BCUT2D eigenvalue weighted by Gasteiger charge is -2.09. The SMILES string of the molecule is CCCCCCCCc1cc2ccc3c4ccc5c(ccc6ccsc65)c4ccc3c2s1. The van der Waals surface area contributed by atoms with Crippen LogP contribution in [0.3, 0.4) is 0 Å². The maximum absolute atomic E-state index is 2.43. The summed E-state index contributed by atoms with van der Waals surface area (Å²) in [5, 5.41) is 13.2. The molecule has 0 atom stereocenters. The smallest absolute Gasteiger partial charge is 0.0424 e. The van der Waals surface area contributed by atoms with E-state index in [-0.39, 0.29) is 0 Å². The Kier molecular flexibility index (Phi) is 5.37. The van der Waals surface area contributed by atoms with Crippen LogP contribution < -0.4 is 0 Å². The van der Waals surface area contributed by atoms with E-state index in [4.69, 9.17) is 0 Å². The Hall–Kier alpha value is -2.42. The van der Waals surface area contributed by atoms with Crippen LogP contribution in [0.2, 0.25) is 0 Å². The third kappa shape index (κ3) is 3.41. The Morgan fingerprint density at radius 2 is 1.16 bits per heavy atom. The predicted molar refractivity (Wildman–Crippen MR) is 147 cm³/mol. The first-order chi connectivity index (χ1) is 15.8. The summed E-state index contributed by atoms with van der Waals surface area (Å²) in [5.41, 5.74) is 0. The van der Waals surface area contributed by atoms with Gasteiger partial charge in [0.1, 0.15) is 0 Å². The fourth-order valence-corrected chi connectivity index (χ4v) is 7.37. The largest absolute Gasteiger partial charge is 0.143 e. The summed E-state index contributed by atoms with van der Waals surface area (Å²) in [4.78, 5) is 1.54. The van der Waals surface area contributed by atoms with Crippen LogP contribution in [-0.2, 0) is 6.42 Å². The summed E-state index contributed by atoms with van der Waals surface area (Å²) in [7, 11) is 0. The van der Waals surface area contributed by atoms with E-state index in [0.29, 0.717) is 0 Å². The molecule has 32 heavy (non-hydrogen) atoms. The third-order valence-corrected chi connectivity index (χ3v) is 9.12. The minimum Gasteiger partial charge on any atom is -0.143 e. The molecule has 0 saturated heterocycles. The molecule has 6 aromatic rings. The molecule has 0 fully saturated rings. The highest BCUT2D eigenvalue weighted by molar-refractivity contribution is 7.20. The Morgan fingerprint density at radius 3 is 1.94 bits per heavy atom. The van der Waals surface area contributed by atoms with Gasteiger partial charge in [0, 0.05) is 25.0 Å². The molecular formula is C30H28S2. The molecule has 0 N–H and O–H groups in total. The number of rotatable bonds is 7. The summed E-state index contributed by atoms with van der Waals surface area (Å²) in [6, 6.07) is 23.3. The molecule has 0 nitrogen and oxygen atoms in total. The number of aryl methyl sites for hydroxylation is 1. The van der Waals surface area contributed by atoms with Crippen LogP contribution in [0.4, 0.5) is 0 Å². The zero-order valence-electron chi connectivity index (χ0n) is 18.6. The Labute approximate surface area is 197 Å². The minimum absolute atomic E-state index is 1.22. The van der Waals surface area contributed by atoms with Gasteiger partial charge in [-0.3, -0.25) is 0 Å². The van der Waals surface area contributed by atoms with Crippen molar-refractivity contribution in [2.75, 3.05) is 0 Å². The van der Waals surface area contributed by atoms with Gasteiger partial charge in [-0.05, 0) is 62.7 Å². The van der Waals surface area contributed by atoms with Gasteiger partial charge in [-0.25, -0.2) is 0 Å². The van der Waals surface area contributed by atoms with Crippen LogP contribution >= 0.6 is 22.7 Å². The lowest BCUT2D eigenvalue weighted by molar-refractivity contribution is 0.609. The van der Waals surface area contributed by atoms with Crippen molar-refractivity contribution in [1.29, 1.82) is 0 Å². The highest BCUT2D eigenvalue weighted by Crippen LogP contribution is 2.40. The second-order valence-electron chi connectivity index (χ2n) is 9.04. The van der Waals surface area contributed by atoms with E-state index in [1.165, 1.54) is 97.4 Å². The van der Waals surface area contributed by atoms with E-state index in [2.05, 4.69) is 73.0 Å². The second-order valence-corrected chi connectivity index (χ2v) is 11.1. The number of thiophene rings is 2. The molecule has 6 rings (SSSR count). The van der Waals surface area contributed by atoms with E-state index in [1.807, 2.05) is 22.7 Å². The van der Waals surface area contributed by atoms with E-state index in [0.717, 1.165) is 0 Å². The van der Waals surface area contributed by atoms with Gasteiger partial charge in [0.15, 0.2) is 0 Å². The molecule has 160 valence electrons. The molecule has 4 aromatic carbocycles. The normalized spacial score (nSPS) is 12.2. The average Bonchev–Trinajstić information content (AvgIpc) is 3.47. The maximum Gasteiger partial charge on any atom is 0.0424 e. The molecule has 0 aliphatic heterocycles. The molecule has 0 radical (unpaired) electrons. The van der Waals surface area contributed by atoms with E-state index < -0.39 is 0 Å². The molecule has 2 heterocycles. The molecule has 0 amide bonds. The van der Waals surface area contributed by atoms with Gasteiger partial charge in [-0.2, -0.15) is 0 Å². The van der Waals surface area contributed by atoms with Gasteiger partial charge in [0.25, 0.3) is 0 Å². The maximum atomic E-state index is 2.43. The van der Waals surface area contributed by atoms with Crippen LogP contribution in [-0.4, -0.2) is 0 Å². The molecule has 2 heteroatoms. The fraction of sp³-hybridized carbons (Fsp3) is 0.267. The first-order valence-corrected chi connectivity index (χ1v) is 13.7. The van der Waals surface area contributed by atoms with Crippen LogP contribution in [0.5, 0.6) is 0 Å². The highest BCUT2D eigenvalue weighted by atomic mass is 32.1. The molecular weight excluding hydrogens is 424 g/mol. The van der Waals surface area contributed by atoms with Crippen molar-refractivity contribution in [3.05, 3.63) is 70.9 Å². The van der Waals surface area contributed by atoms with E-state index in [9.17, 15) is 0 Å². The standard InChI is InChI=1S/C30H28S2/c1-2-3-4-5-6-7-8-22-19-21-10-12-26-24-13-15-27-25(11-9-20-17-18-31-29(20)27)23(24)14-16-28(26)30(21)32-22/h9-19H,2-8H2,1H3. The lowest BCUT2D eigenvalue weighted by Crippen LogP contribution is -1.82. The summed E-state index contributed by atoms with van der Waals surface area (Å²) in [5.74, 6) is 0. The third-order valence-electron chi connectivity index (χ3n) is 6.92. The Balaban J connectivity index is 1.40. The summed E-state index contributed by atoms with van der Waals surface area (Å²) >= 11 is 3.86. The Bertz CT molecular complexity index is 1560. The van der Waals surface area contributed by atoms with Gasteiger partial charge < -0.3 is 0 Å². The molecule has 2 aromatic heterocycles. The molecule has 0 aliphatic carbocycles. The monoisotopic (exact) mass is 452 g/mol. The van der Waals surface area contributed by atoms with Gasteiger partial charge in [-0.15, -0.1) is 22.7 Å². The van der Waals surface area contributed by atoms with Gasteiger partial charge in [-0.1, -0.05) is 87.6 Å². The molecule has 0 saturated carbocycles. The first-order valence-electron chi connectivity index (χ1n) is 12.0. The second kappa shape index (κ2) is 8.50.